The van der Waals surface area contributed by atoms with Crippen molar-refractivity contribution in [3.8, 4) is 5.75 Å². The zero-order chi connectivity index (χ0) is 21.4. The summed E-state index contributed by atoms with van der Waals surface area (Å²) in [5.74, 6) is 0.893. The third-order valence-corrected chi connectivity index (χ3v) is 7.44. The summed E-state index contributed by atoms with van der Waals surface area (Å²) >= 11 is 0. The lowest BCUT2D eigenvalue weighted by Crippen LogP contribution is -2.22. The summed E-state index contributed by atoms with van der Waals surface area (Å²) in [6.45, 7) is 7.01. The first kappa shape index (κ1) is 22.2. The van der Waals surface area contributed by atoms with E-state index in [-0.39, 0.29) is 11.9 Å². The number of rotatable bonds is 9. The summed E-state index contributed by atoms with van der Waals surface area (Å²) in [4.78, 5) is 4.70. The van der Waals surface area contributed by atoms with Crippen molar-refractivity contribution in [1.82, 2.24) is 0 Å². The van der Waals surface area contributed by atoms with E-state index in [9.17, 15) is 0 Å². The second-order valence-electron chi connectivity index (χ2n) is 7.49. The average Bonchev–Trinajstić information content (AvgIpc) is 2.79. The first-order valence-corrected chi connectivity index (χ1v) is 11.3. The molecular formula is C26H30NO2P. The van der Waals surface area contributed by atoms with Crippen LogP contribution in [0.2, 0.25) is 0 Å². The van der Waals surface area contributed by atoms with Gasteiger partial charge in [0.1, 0.15) is 5.75 Å². The normalized spacial score (nSPS) is 13.7. The molecule has 0 aromatic heterocycles. The van der Waals surface area contributed by atoms with Crippen LogP contribution in [-0.2, 0) is 9.89 Å². The van der Waals surface area contributed by atoms with Crippen molar-refractivity contribution in [3.05, 3.63) is 89.5 Å². The van der Waals surface area contributed by atoms with Crippen molar-refractivity contribution in [2.24, 2.45) is 4.99 Å². The van der Waals surface area contributed by atoms with E-state index in [1.807, 2.05) is 48.7 Å². The van der Waals surface area contributed by atoms with Gasteiger partial charge in [0.15, 0.2) is 6.79 Å². The van der Waals surface area contributed by atoms with Crippen LogP contribution in [0, 0.1) is 6.92 Å². The number of aryl methyl sites for hydroxylation is 1. The molecule has 2 unspecified atom stereocenters. The fraction of sp³-hybridized carbons (Fsp3) is 0.269. The zero-order valence-electron chi connectivity index (χ0n) is 18.2. The molecule has 3 nitrogen and oxygen atoms in total. The molecule has 3 aromatic rings. The van der Waals surface area contributed by atoms with E-state index < -0.39 is 0 Å². The molecule has 30 heavy (non-hydrogen) atoms. The first-order valence-electron chi connectivity index (χ1n) is 10.3. The van der Waals surface area contributed by atoms with Crippen LogP contribution >= 0.6 is 8.58 Å². The minimum atomic E-state index is -0.0498. The Kier molecular flexibility index (Phi) is 7.79. The van der Waals surface area contributed by atoms with Gasteiger partial charge < -0.3 is 9.47 Å². The molecule has 2 atom stereocenters. The molecule has 0 aliphatic carbocycles. The molecule has 0 bridgehead atoms. The van der Waals surface area contributed by atoms with Gasteiger partial charge in [-0.25, -0.2) is 0 Å². The molecule has 0 heterocycles. The minimum Gasteiger partial charge on any atom is -0.467 e. The van der Waals surface area contributed by atoms with Gasteiger partial charge in [0.25, 0.3) is 0 Å². The number of benzene rings is 3. The van der Waals surface area contributed by atoms with E-state index in [0.29, 0.717) is 8.58 Å². The quantitative estimate of drug-likeness (QED) is 0.230. The average molecular weight is 420 g/mol. The van der Waals surface area contributed by atoms with Crippen molar-refractivity contribution in [3.63, 3.8) is 0 Å². The van der Waals surface area contributed by atoms with Crippen molar-refractivity contribution in [2.75, 3.05) is 13.9 Å². The maximum Gasteiger partial charge on any atom is 0.188 e. The summed E-state index contributed by atoms with van der Waals surface area (Å²) < 4.78 is 11.0. The fourth-order valence-corrected chi connectivity index (χ4v) is 5.06. The van der Waals surface area contributed by atoms with Crippen LogP contribution in [0.15, 0.2) is 77.8 Å². The number of para-hydroxylation sites is 2. The lowest BCUT2D eigenvalue weighted by atomic mass is 9.96. The van der Waals surface area contributed by atoms with Crippen LogP contribution in [-0.4, -0.2) is 20.1 Å². The number of hydrogen-bond acceptors (Lipinski definition) is 3. The Bertz CT molecular complexity index is 987. The summed E-state index contributed by atoms with van der Waals surface area (Å²) in [5.41, 5.74) is 4.65. The van der Waals surface area contributed by atoms with Gasteiger partial charge >= 0.3 is 0 Å². The Morgan fingerprint density at radius 2 is 1.70 bits per heavy atom. The summed E-state index contributed by atoms with van der Waals surface area (Å²) in [6, 6.07) is 24.8. The van der Waals surface area contributed by atoms with Gasteiger partial charge in [-0.2, -0.15) is 0 Å². The predicted molar refractivity (Wildman–Crippen MR) is 129 cm³/mol. The fourth-order valence-electron chi connectivity index (χ4n) is 3.42. The maximum absolute atomic E-state index is 5.89. The van der Waals surface area contributed by atoms with Crippen LogP contribution in [0.1, 0.15) is 37.0 Å². The molecule has 3 rings (SSSR count). The van der Waals surface area contributed by atoms with E-state index in [0.717, 1.165) is 17.9 Å². The third kappa shape index (κ3) is 5.36. The van der Waals surface area contributed by atoms with E-state index in [1.165, 1.54) is 22.0 Å². The topological polar surface area (TPSA) is 30.8 Å². The maximum atomic E-state index is 5.89. The van der Waals surface area contributed by atoms with Crippen molar-refractivity contribution in [2.45, 2.75) is 32.3 Å². The molecule has 4 heteroatoms. The monoisotopic (exact) mass is 419 g/mol. The predicted octanol–water partition coefficient (Wildman–Crippen LogP) is 6.36. The Labute approximate surface area is 182 Å². The molecular weight excluding hydrogens is 389 g/mol. The molecule has 0 saturated heterocycles. The van der Waals surface area contributed by atoms with Crippen molar-refractivity contribution < 1.29 is 9.47 Å². The van der Waals surface area contributed by atoms with Gasteiger partial charge in [0, 0.05) is 29.6 Å². The van der Waals surface area contributed by atoms with Gasteiger partial charge in [-0.3, -0.25) is 4.99 Å². The Balaban J connectivity index is 1.97. The van der Waals surface area contributed by atoms with Crippen LogP contribution in [0.3, 0.4) is 0 Å². The Morgan fingerprint density at radius 3 is 2.43 bits per heavy atom. The second kappa shape index (κ2) is 10.5. The standard InChI is InChI=1S/C26H30NO2P/c1-5-26(3,23-16-9-10-17-24(23)29-19-28-4)30-25-20(2)12-11-13-21(25)18-27-22-14-7-6-8-15-22/h6-18,30H,5,19H2,1-4H3/b27-18+. The van der Waals surface area contributed by atoms with Crippen LogP contribution < -0.4 is 10.0 Å². The van der Waals surface area contributed by atoms with Crippen molar-refractivity contribution in [1.29, 1.82) is 0 Å². The molecule has 0 aliphatic rings. The minimum absolute atomic E-state index is 0.0498. The largest absolute Gasteiger partial charge is 0.467 e. The summed E-state index contributed by atoms with van der Waals surface area (Å²) in [6.07, 6.45) is 3.00. The number of nitrogens with zero attached hydrogens (tertiary/aromatic N) is 1. The summed E-state index contributed by atoms with van der Waals surface area (Å²) in [7, 11) is 2.23. The van der Waals surface area contributed by atoms with Gasteiger partial charge in [0.2, 0.25) is 0 Å². The molecule has 0 spiro atoms. The number of methoxy groups -OCH3 is 1. The highest BCUT2D eigenvalue weighted by molar-refractivity contribution is 7.49. The Morgan fingerprint density at radius 1 is 0.967 bits per heavy atom. The highest BCUT2D eigenvalue weighted by Gasteiger charge is 2.29. The molecule has 3 aromatic carbocycles. The van der Waals surface area contributed by atoms with Crippen molar-refractivity contribution >= 4 is 25.8 Å². The number of hydrogen-bond donors (Lipinski definition) is 0. The first-order chi connectivity index (χ1) is 14.6. The highest BCUT2D eigenvalue weighted by Crippen LogP contribution is 2.47. The van der Waals surface area contributed by atoms with Crippen LogP contribution in [0.5, 0.6) is 5.75 Å². The molecule has 0 fully saturated rings. The van der Waals surface area contributed by atoms with Gasteiger partial charge in [-0.05, 0) is 42.4 Å². The molecule has 156 valence electrons. The second-order valence-corrected chi connectivity index (χ2v) is 9.34. The zero-order valence-corrected chi connectivity index (χ0v) is 19.2. The molecule has 0 radical (unpaired) electrons. The van der Waals surface area contributed by atoms with Gasteiger partial charge in [-0.15, -0.1) is 0 Å². The summed E-state index contributed by atoms with van der Waals surface area (Å²) in [5, 5.41) is 1.30. The molecule has 0 saturated carbocycles. The van der Waals surface area contributed by atoms with Gasteiger partial charge in [0.05, 0.1) is 5.69 Å². The van der Waals surface area contributed by atoms with E-state index in [4.69, 9.17) is 14.5 Å². The SMILES string of the molecule is CCC(C)(Pc1c(C)cccc1/C=N/c1ccccc1)c1ccccc1OCOC. The molecule has 0 aliphatic heterocycles. The number of aliphatic imine (C=N–C) groups is 1. The Hall–Kier alpha value is -2.48. The van der Waals surface area contributed by atoms with Gasteiger partial charge in [-0.1, -0.05) is 77.0 Å². The molecule has 0 N–H and O–H groups in total. The smallest absolute Gasteiger partial charge is 0.188 e. The lowest BCUT2D eigenvalue weighted by Gasteiger charge is -2.32. The van der Waals surface area contributed by atoms with Crippen LogP contribution in [0.4, 0.5) is 5.69 Å². The third-order valence-electron chi connectivity index (χ3n) is 5.34. The van der Waals surface area contributed by atoms with Crippen LogP contribution in [0.25, 0.3) is 0 Å². The van der Waals surface area contributed by atoms with E-state index >= 15 is 0 Å². The number of ether oxygens (including phenoxy) is 2. The molecule has 0 amide bonds. The highest BCUT2D eigenvalue weighted by atomic mass is 31.1. The van der Waals surface area contributed by atoms with E-state index in [2.05, 4.69) is 51.1 Å². The lowest BCUT2D eigenvalue weighted by molar-refractivity contribution is 0.0500. The van der Waals surface area contributed by atoms with E-state index in [1.54, 1.807) is 7.11 Å².